The van der Waals surface area contributed by atoms with E-state index in [0.29, 0.717) is 5.92 Å². The molecular weight excluding hydrogens is 302 g/mol. The molecule has 2 aromatic heterocycles. The van der Waals surface area contributed by atoms with Gasteiger partial charge in [0.15, 0.2) is 0 Å². The Morgan fingerprint density at radius 2 is 2.10 bits per heavy atom. The van der Waals surface area contributed by atoms with E-state index in [2.05, 4.69) is 47.2 Å². The van der Waals surface area contributed by atoms with Crippen LogP contribution in [0.4, 0.5) is 5.82 Å². The molecule has 0 aliphatic rings. The zero-order valence-electron chi connectivity index (χ0n) is 12.8. The van der Waals surface area contributed by atoms with Gasteiger partial charge in [0.25, 0.3) is 0 Å². The first-order valence-electron chi connectivity index (χ1n) is 7.15. The van der Waals surface area contributed by atoms with E-state index in [4.69, 9.17) is 11.6 Å². The first-order valence-corrected chi connectivity index (χ1v) is 8.35. The molecule has 0 radical (unpaired) electrons. The van der Waals surface area contributed by atoms with Gasteiger partial charge in [0.2, 0.25) is 0 Å². The standard InChI is InChI=1S/C16H22ClN3S/c1-12(2)8-18-9-13-4-7-16(19-10-13)20(3)11-14-5-6-15(17)21-14/h4-7,10,12,18H,8-9,11H2,1-3H3. The van der Waals surface area contributed by atoms with Crippen LogP contribution in [0.15, 0.2) is 30.5 Å². The molecule has 114 valence electrons. The first kappa shape index (κ1) is 16.3. The summed E-state index contributed by atoms with van der Waals surface area (Å²) >= 11 is 7.57. The van der Waals surface area contributed by atoms with Gasteiger partial charge in [-0.05, 0) is 36.2 Å². The van der Waals surface area contributed by atoms with Gasteiger partial charge in [-0.15, -0.1) is 11.3 Å². The average molecular weight is 324 g/mol. The molecule has 0 unspecified atom stereocenters. The summed E-state index contributed by atoms with van der Waals surface area (Å²) in [5, 5.41) is 3.43. The van der Waals surface area contributed by atoms with Crippen LogP contribution in [0.2, 0.25) is 4.34 Å². The van der Waals surface area contributed by atoms with Crippen molar-refractivity contribution in [2.24, 2.45) is 5.92 Å². The highest BCUT2D eigenvalue weighted by atomic mass is 35.5. The number of hydrogen-bond acceptors (Lipinski definition) is 4. The van der Waals surface area contributed by atoms with Crippen LogP contribution in [0.3, 0.4) is 0 Å². The second kappa shape index (κ2) is 7.78. The lowest BCUT2D eigenvalue weighted by molar-refractivity contribution is 0.552. The van der Waals surface area contributed by atoms with Crippen LogP contribution in [0.25, 0.3) is 0 Å². The predicted molar refractivity (Wildman–Crippen MR) is 92.2 cm³/mol. The quantitative estimate of drug-likeness (QED) is 0.828. The molecule has 0 amide bonds. The van der Waals surface area contributed by atoms with Crippen molar-refractivity contribution in [1.82, 2.24) is 10.3 Å². The fraction of sp³-hybridized carbons (Fsp3) is 0.438. The molecule has 0 saturated heterocycles. The van der Waals surface area contributed by atoms with Crippen molar-refractivity contribution in [3.8, 4) is 0 Å². The van der Waals surface area contributed by atoms with Crippen LogP contribution < -0.4 is 10.2 Å². The van der Waals surface area contributed by atoms with Gasteiger partial charge < -0.3 is 10.2 Å². The molecule has 0 bridgehead atoms. The molecule has 0 aromatic carbocycles. The van der Waals surface area contributed by atoms with Crippen LogP contribution >= 0.6 is 22.9 Å². The Labute approximate surface area is 136 Å². The normalized spacial score (nSPS) is 11.1. The second-order valence-corrected chi connectivity index (χ2v) is 7.41. The minimum absolute atomic E-state index is 0.668. The Balaban J connectivity index is 1.88. The minimum Gasteiger partial charge on any atom is -0.355 e. The molecule has 5 heteroatoms. The van der Waals surface area contributed by atoms with Crippen LogP contribution in [0, 0.1) is 5.92 Å². The zero-order chi connectivity index (χ0) is 15.2. The van der Waals surface area contributed by atoms with E-state index in [-0.39, 0.29) is 0 Å². The molecular formula is C16H22ClN3S. The summed E-state index contributed by atoms with van der Waals surface area (Å²) in [7, 11) is 2.05. The van der Waals surface area contributed by atoms with Crippen molar-refractivity contribution >= 4 is 28.8 Å². The fourth-order valence-electron chi connectivity index (χ4n) is 2.00. The summed E-state index contributed by atoms with van der Waals surface area (Å²) < 4.78 is 0.831. The third-order valence-corrected chi connectivity index (χ3v) is 4.32. The minimum atomic E-state index is 0.668. The van der Waals surface area contributed by atoms with Gasteiger partial charge in [-0.25, -0.2) is 4.98 Å². The number of aromatic nitrogens is 1. The lowest BCUT2D eigenvalue weighted by Crippen LogP contribution is -2.20. The van der Waals surface area contributed by atoms with E-state index in [9.17, 15) is 0 Å². The summed E-state index contributed by atoms with van der Waals surface area (Å²) in [5.41, 5.74) is 1.21. The van der Waals surface area contributed by atoms with Crippen molar-refractivity contribution in [2.75, 3.05) is 18.5 Å². The highest BCUT2D eigenvalue weighted by Crippen LogP contribution is 2.23. The molecule has 2 heterocycles. The summed E-state index contributed by atoms with van der Waals surface area (Å²) in [6.45, 7) is 7.14. The maximum absolute atomic E-state index is 5.96. The molecule has 3 nitrogen and oxygen atoms in total. The average Bonchev–Trinajstić information content (AvgIpc) is 2.84. The number of halogens is 1. The topological polar surface area (TPSA) is 28.2 Å². The summed E-state index contributed by atoms with van der Waals surface area (Å²) in [5.74, 6) is 1.65. The van der Waals surface area contributed by atoms with Gasteiger partial charge in [0.1, 0.15) is 5.82 Å². The van der Waals surface area contributed by atoms with Crippen LogP contribution in [0.5, 0.6) is 0 Å². The molecule has 1 N–H and O–H groups in total. The highest BCUT2D eigenvalue weighted by Gasteiger charge is 2.06. The largest absolute Gasteiger partial charge is 0.355 e. The van der Waals surface area contributed by atoms with Gasteiger partial charge in [0.05, 0.1) is 10.9 Å². The Bertz CT molecular complexity index is 551. The Hall–Kier alpha value is -1.10. The monoisotopic (exact) mass is 323 g/mol. The van der Waals surface area contributed by atoms with Gasteiger partial charge >= 0.3 is 0 Å². The number of anilines is 1. The van der Waals surface area contributed by atoms with E-state index in [1.807, 2.05) is 19.3 Å². The van der Waals surface area contributed by atoms with E-state index >= 15 is 0 Å². The highest BCUT2D eigenvalue weighted by molar-refractivity contribution is 7.16. The molecule has 0 spiro atoms. The van der Waals surface area contributed by atoms with E-state index in [1.165, 1.54) is 10.4 Å². The summed E-state index contributed by atoms with van der Waals surface area (Å²) in [4.78, 5) is 7.91. The Morgan fingerprint density at radius 3 is 2.67 bits per heavy atom. The number of nitrogens with zero attached hydrogens (tertiary/aromatic N) is 2. The number of hydrogen-bond donors (Lipinski definition) is 1. The van der Waals surface area contributed by atoms with Gasteiger partial charge in [-0.1, -0.05) is 31.5 Å². The Kier molecular flexibility index (Phi) is 6.03. The third-order valence-electron chi connectivity index (χ3n) is 3.10. The number of nitrogens with one attached hydrogen (secondary N) is 1. The molecule has 2 aromatic rings. The molecule has 0 saturated carbocycles. The summed E-state index contributed by atoms with van der Waals surface area (Å²) in [6.07, 6.45) is 1.95. The van der Waals surface area contributed by atoms with Crippen LogP contribution in [0.1, 0.15) is 24.3 Å². The van der Waals surface area contributed by atoms with Crippen molar-refractivity contribution in [3.05, 3.63) is 45.2 Å². The zero-order valence-corrected chi connectivity index (χ0v) is 14.3. The maximum atomic E-state index is 5.96. The SMILES string of the molecule is CC(C)CNCc1ccc(N(C)Cc2ccc(Cl)s2)nc1. The molecule has 2 rings (SSSR count). The fourth-order valence-corrected chi connectivity index (χ4v) is 3.14. The third kappa shape index (κ3) is 5.30. The molecule has 21 heavy (non-hydrogen) atoms. The smallest absolute Gasteiger partial charge is 0.128 e. The molecule has 0 aliphatic carbocycles. The molecule has 0 aliphatic heterocycles. The van der Waals surface area contributed by atoms with Crippen molar-refractivity contribution in [1.29, 1.82) is 0 Å². The number of pyridine rings is 1. The predicted octanol–water partition coefficient (Wildman–Crippen LogP) is 4.18. The van der Waals surface area contributed by atoms with Gasteiger partial charge in [0, 0.05) is 24.7 Å². The van der Waals surface area contributed by atoms with E-state index in [0.717, 1.165) is 29.8 Å². The van der Waals surface area contributed by atoms with E-state index in [1.54, 1.807) is 11.3 Å². The van der Waals surface area contributed by atoms with Crippen LogP contribution in [-0.4, -0.2) is 18.6 Å². The maximum Gasteiger partial charge on any atom is 0.128 e. The number of thiophene rings is 1. The molecule has 0 atom stereocenters. The lowest BCUT2D eigenvalue weighted by Gasteiger charge is -2.17. The van der Waals surface area contributed by atoms with Crippen LogP contribution in [-0.2, 0) is 13.1 Å². The van der Waals surface area contributed by atoms with Crippen molar-refractivity contribution < 1.29 is 0 Å². The van der Waals surface area contributed by atoms with Gasteiger partial charge in [-0.2, -0.15) is 0 Å². The first-order chi connectivity index (χ1) is 10.0. The lowest BCUT2D eigenvalue weighted by atomic mass is 10.2. The Morgan fingerprint density at radius 1 is 1.29 bits per heavy atom. The second-order valence-electron chi connectivity index (χ2n) is 5.61. The van der Waals surface area contributed by atoms with Gasteiger partial charge in [-0.3, -0.25) is 0 Å². The molecule has 0 fully saturated rings. The summed E-state index contributed by atoms with van der Waals surface area (Å²) in [6, 6.07) is 8.20. The number of rotatable bonds is 7. The van der Waals surface area contributed by atoms with E-state index < -0.39 is 0 Å². The van der Waals surface area contributed by atoms with Crippen molar-refractivity contribution in [3.63, 3.8) is 0 Å². The van der Waals surface area contributed by atoms with Crippen molar-refractivity contribution in [2.45, 2.75) is 26.9 Å².